The van der Waals surface area contributed by atoms with Gasteiger partial charge in [0.25, 0.3) is 0 Å². The van der Waals surface area contributed by atoms with Gasteiger partial charge in [-0.05, 0) is 6.92 Å². The summed E-state index contributed by atoms with van der Waals surface area (Å²) >= 11 is 0. The third-order valence-electron chi connectivity index (χ3n) is 2.58. The summed E-state index contributed by atoms with van der Waals surface area (Å²) in [6, 6.07) is 0. The first-order valence-electron chi connectivity index (χ1n) is 4.87. The predicted molar refractivity (Wildman–Crippen MR) is 55.2 cm³/mol. The Balaban J connectivity index is 1.90. The van der Waals surface area contributed by atoms with Crippen molar-refractivity contribution < 1.29 is 0 Å². The summed E-state index contributed by atoms with van der Waals surface area (Å²) in [4.78, 5) is 10.8. The number of nitrogens with one attached hydrogen (secondary N) is 1. The molecule has 3 rings (SSSR count). The third kappa shape index (κ3) is 1.36. The summed E-state index contributed by atoms with van der Waals surface area (Å²) in [6.07, 6.45) is 5.44. The van der Waals surface area contributed by atoms with Crippen LogP contribution in [0.25, 0.3) is 0 Å². The minimum absolute atomic E-state index is 0.841. The van der Waals surface area contributed by atoms with Gasteiger partial charge in [-0.1, -0.05) is 0 Å². The summed E-state index contributed by atoms with van der Waals surface area (Å²) in [6.45, 7) is 3.66. The molecule has 0 amide bonds. The Hall–Kier alpha value is -1.91. The molecule has 2 aromatic rings. The van der Waals surface area contributed by atoms with E-state index in [-0.39, 0.29) is 0 Å². The fourth-order valence-electron chi connectivity index (χ4n) is 1.83. The highest BCUT2D eigenvalue weighted by Gasteiger charge is 2.21. The number of H-pyrrole nitrogens is 1. The first kappa shape index (κ1) is 8.40. The molecule has 1 aliphatic heterocycles. The third-order valence-corrected chi connectivity index (χ3v) is 2.58. The number of rotatable bonds is 1. The molecule has 0 atom stereocenters. The van der Waals surface area contributed by atoms with Crippen molar-refractivity contribution in [1.82, 2.24) is 20.2 Å². The van der Waals surface area contributed by atoms with E-state index in [1.807, 2.05) is 13.1 Å². The summed E-state index contributed by atoms with van der Waals surface area (Å²) in [5, 5.41) is 6.99. The van der Waals surface area contributed by atoms with Crippen LogP contribution in [-0.2, 0) is 13.1 Å². The monoisotopic (exact) mass is 201 g/mol. The lowest BCUT2D eigenvalue weighted by Crippen LogP contribution is -2.17. The first-order valence-corrected chi connectivity index (χ1v) is 4.87. The zero-order valence-electron chi connectivity index (χ0n) is 8.44. The number of fused-ring (bicyclic) bond motifs is 1. The van der Waals surface area contributed by atoms with Gasteiger partial charge in [0.1, 0.15) is 5.82 Å². The fourth-order valence-corrected chi connectivity index (χ4v) is 1.83. The van der Waals surface area contributed by atoms with Crippen molar-refractivity contribution in [2.45, 2.75) is 20.0 Å². The van der Waals surface area contributed by atoms with Crippen molar-refractivity contribution in [3.8, 4) is 0 Å². The molecule has 1 aliphatic rings. The van der Waals surface area contributed by atoms with Gasteiger partial charge >= 0.3 is 0 Å². The van der Waals surface area contributed by atoms with E-state index >= 15 is 0 Å². The normalized spacial score (nSPS) is 14.3. The van der Waals surface area contributed by atoms with Gasteiger partial charge in [0.15, 0.2) is 0 Å². The van der Waals surface area contributed by atoms with Crippen LogP contribution in [0.3, 0.4) is 0 Å². The molecule has 0 bridgehead atoms. The van der Waals surface area contributed by atoms with E-state index in [0.717, 1.165) is 24.6 Å². The average molecular weight is 201 g/mol. The Morgan fingerprint density at radius 2 is 2.20 bits per heavy atom. The Morgan fingerprint density at radius 3 is 3.00 bits per heavy atom. The molecule has 0 aromatic carbocycles. The molecule has 0 spiro atoms. The maximum Gasteiger partial charge on any atom is 0.148 e. The second-order valence-electron chi connectivity index (χ2n) is 3.75. The zero-order valence-corrected chi connectivity index (χ0v) is 8.44. The van der Waals surface area contributed by atoms with Crippen LogP contribution in [-0.4, -0.2) is 20.2 Å². The zero-order chi connectivity index (χ0) is 10.3. The lowest BCUT2D eigenvalue weighted by atomic mass is 10.3. The molecule has 76 valence electrons. The lowest BCUT2D eigenvalue weighted by Gasteiger charge is -2.15. The largest absolute Gasteiger partial charge is 0.345 e. The first-order chi connectivity index (χ1) is 7.33. The van der Waals surface area contributed by atoms with Crippen LogP contribution in [0, 0.1) is 6.92 Å². The van der Waals surface area contributed by atoms with Crippen LogP contribution in [0.5, 0.6) is 0 Å². The maximum absolute atomic E-state index is 4.45. The fraction of sp³-hybridized carbons (Fsp3) is 0.300. The van der Waals surface area contributed by atoms with E-state index in [2.05, 4.69) is 25.1 Å². The topological polar surface area (TPSA) is 57.7 Å². The van der Waals surface area contributed by atoms with Gasteiger partial charge in [0.05, 0.1) is 30.3 Å². The minimum Gasteiger partial charge on any atom is -0.345 e. The number of anilines is 1. The van der Waals surface area contributed by atoms with Crippen LogP contribution in [0.15, 0.2) is 18.6 Å². The molecule has 0 saturated heterocycles. The minimum atomic E-state index is 0.841. The summed E-state index contributed by atoms with van der Waals surface area (Å²) in [5.41, 5.74) is 3.37. The average Bonchev–Trinajstić information content (AvgIpc) is 2.76. The highest BCUT2D eigenvalue weighted by molar-refractivity contribution is 5.43. The number of aryl methyl sites for hydroxylation is 1. The highest BCUT2D eigenvalue weighted by Crippen LogP contribution is 2.24. The molecular weight excluding hydrogens is 190 g/mol. The number of nitrogens with zero attached hydrogens (tertiary/aromatic N) is 4. The summed E-state index contributed by atoms with van der Waals surface area (Å²) in [7, 11) is 0. The van der Waals surface area contributed by atoms with Crippen LogP contribution < -0.4 is 4.90 Å². The predicted octanol–water partition coefficient (Wildman–Crippen LogP) is 1.03. The smallest absolute Gasteiger partial charge is 0.148 e. The molecule has 5 heteroatoms. The van der Waals surface area contributed by atoms with Gasteiger partial charge in [-0.15, -0.1) is 0 Å². The van der Waals surface area contributed by atoms with Crippen LogP contribution >= 0.6 is 0 Å². The molecule has 15 heavy (non-hydrogen) atoms. The molecule has 0 saturated carbocycles. The summed E-state index contributed by atoms with van der Waals surface area (Å²) < 4.78 is 0. The Kier molecular flexibility index (Phi) is 1.71. The number of aromatic amines is 1. The lowest BCUT2D eigenvalue weighted by molar-refractivity contribution is 0.816. The van der Waals surface area contributed by atoms with Gasteiger partial charge in [0.2, 0.25) is 0 Å². The second-order valence-corrected chi connectivity index (χ2v) is 3.75. The second kappa shape index (κ2) is 3.05. The van der Waals surface area contributed by atoms with Crippen LogP contribution in [0.1, 0.15) is 17.0 Å². The molecular formula is C10H11N5. The van der Waals surface area contributed by atoms with Crippen molar-refractivity contribution >= 4 is 5.82 Å². The molecule has 0 radical (unpaired) electrons. The van der Waals surface area contributed by atoms with Crippen molar-refractivity contribution in [2.75, 3.05) is 4.90 Å². The van der Waals surface area contributed by atoms with E-state index in [9.17, 15) is 0 Å². The molecule has 0 fully saturated rings. The number of hydrogen-bond acceptors (Lipinski definition) is 4. The van der Waals surface area contributed by atoms with E-state index in [4.69, 9.17) is 0 Å². The van der Waals surface area contributed by atoms with Crippen LogP contribution in [0.2, 0.25) is 0 Å². The molecule has 5 nitrogen and oxygen atoms in total. The molecule has 0 aliphatic carbocycles. The van der Waals surface area contributed by atoms with Gasteiger partial charge in [0, 0.05) is 18.3 Å². The molecule has 3 heterocycles. The number of hydrogen-bond donors (Lipinski definition) is 1. The Morgan fingerprint density at radius 1 is 1.27 bits per heavy atom. The standard InChI is InChI=1S/C10H11N5/c1-7-2-11-4-10(13-7)15-5-8-3-12-14-9(8)6-15/h2-4H,5-6H2,1H3,(H,12,14). The van der Waals surface area contributed by atoms with Gasteiger partial charge in [-0.3, -0.25) is 10.1 Å². The molecule has 0 unspecified atom stereocenters. The van der Waals surface area contributed by atoms with E-state index in [1.54, 1.807) is 12.4 Å². The van der Waals surface area contributed by atoms with Gasteiger partial charge in [-0.2, -0.15) is 5.10 Å². The van der Waals surface area contributed by atoms with Crippen molar-refractivity contribution in [1.29, 1.82) is 0 Å². The van der Waals surface area contributed by atoms with Crippen molar-refractivity contribution in [2.24, 2.45) is 0 Å². The number of aromatic nitrogens is 4. The van der Waals surface area contributed by atoms with E-state index in [0.29, 0.717) is 0 Å². The van der Waals surface area contributed by atoms with Crippen molar-refractivity contribution in [3.63, 3.8) is 0 Å². The summed E-state index contributed by atoms with van der Waals surface area (Å²) in [5.74, 6) is 0.930. The molecule has 1 N–H and O–H groups in total. The Bertz CT molecular complexity index is 470. The van der Waals surface area contributed by atoms with Crippen molar-refractivity contribution in [3.05, 3.63) is 35.5 Å². The SMILES string of the molecule is Cc1cncc(N2Cc3cn[nH]c3C2)n1. The highest BCUT2D eigenvalue weighted by atomic mass is 15.2. The molecule has 2 aromatic heterocycles. The quantitative estimate of drug-likeness (QED) is 0.748. The maximum atomic E-state index is 4.45. The van der Waals surface area contributed by atoms with Crippen LogP contribution in [0.4, 0.5) is 5.82 Å². The van der Waals surface area contributed by atoms with E-state index < -0.39 is 0 Å². The van der Waals surface area contributed by atoms with Gasteiger partial charge < -0.3 is 4.90 Å². The van der Waals surface area contributed by atoms with Gasteiger partial charge in [-0.25, -0.2) is 4.98 Å². The Labute approximate surface area is 87.2 Å². The van der Waals surface area contributed by atoms with E-state index in [1.165, 1.54) is 11.3 Å².